The highest BCUT2D eigenvalue weighted by Crippen LogP contribution is 2.13. The van der Waals surface area contributed by atoms with Gasteiger partial charge in [0.05, 0.1) is 12.7 Å². The van der Waals surface area contributed by atoms with E-state index in [0.29, 0.717) is 0 Å². The Bertz CT molecular complexity index is 374. The molecule has 26 heavy (non-hydrogen) atoms. The van der Waals surface area contributed by atoms with Gasteiger partial charge in [0.15, 0.2) is 0 Å². The molecule has 0 amide bonds. The fourth-order valence-electron chi connectivity index (χ4n) is 3.70. The van der Waals surface area contributed by atoms with Gasteiger partial charge < -0.3 is 10.6 Å². The van der Waals surface area contributed by atoms with Crippen molar-refractivity contribution in [1.29, 1.82) is 0 Å². The van der Waals surface area contributed by atoms with E-state index in [1.165, 1.54) is 95.7 Å². The summed E-state index contributed by atoms with van der Waals surface area (Å²) in [6.45, 7) is 6.28. The number of aliphatic imine (C=N–C) groups is 1. The zero-order valence-corrected chi connectivity index (χ0v) is 17.7. The molecule has 0 aromatic carbocycles. The molecule has 1 heterocycles. The molecule has 1 unspecified atom stereocenters. The standard InChI is InChI=1S/C23H45N3/c1-3-4-5-6-7-8-9-10-11-12-13-14-15-16-17-18-19-23-25-20-21-26(23)22(2)24/h13-14,22H,3-12,15-21,24H2,1-2H3/b14-13+. The van der Waals surface area contributed by atoms with Crippen molar-refractivity contribution in [1.82, 2.24) is 4.90 Å². The van der Waals surface area contributed by atoms with Crippen LogP contribution in [0.4, 0.5) is 0 Å². The summed E-state index contributed by atoms with van der Waals surface area (Å²) in [5.41, 5.74) is 5.99. The van der Waals surface area contributed by atoms with Crippen molar-refractivity contribution >= 4 is 5.84 Å². The van der Waals surface area contributed by atoms with Crippen LogP contribution >= 0.6 is 0 Å². The van der Waals surface area contributed by atoms with Crippen LogP contribution in [0.5, 0.6) is 0 Å². The predicted molar refractivity (Wildman–Crippen MR) is 117 cm³/mol. The zero-order chi connectivity index (χ0) is 18.9. The highest BCUT2D eigenvalue weighted by molar-refractivity contribution is 5.83. The van der Waals surface area contributed by atoms with E-state index in [2.05, 4.69) is 35.9 Å². The number of amidine groups is 1. The van der Waals surface area contributed by atoms with Gasteiger partial charge in [0.1, 0.15) is 5.84 Å². The van der Waals surface area contributed by atoms with Crippen LogP contribution in [-0.2, 0) is 0 Å². The Balaban J connectivity index is 1.82. The lowest BCUT2D eigenvalue weighted by Gasteiger charge is -2.24. The molecule has 1 aliphatic rings. The van der Waals surface area contributed by atoms with Gasteiger partial charge in [0.25, 0.3) is 0 Å². The third kappa shape index (κ3) is 11.7. The molecular weight excluding hydrogens is 318 g/mol. The molecule has 0 spiro atoms. The first-order valence-corrected chi connectivity index (χ1v) is 11.5. The summed E-state index contributed by atoms with van der Waals surface area (Å²) >= 11 is 0. The van der Waals surface area contributed by atoms with Gasteiger partial charge in [-0.15, -0.1) is 0 Å². The fourth-order valence-corrected chi connectivity index (χ4v) is 3.70. The molecule has 0 saturated carbocycles. The minimum atomic E-state index is 0.111. The van der Waals surface area contributed by atoms with Gasteiger partial charge in [-0.3, -0.25) is 4.99 Å². The first-order chi connectivity index (χ1) is 12.8. The summed E-state index contributed by atoms with van der Waals surface area (Å²) in [5.74, 6) is 1.24. The number of unbranched alkanes of at least 4 members (excludes halogenated alkanes) is 12. The maximum atomic E-state index is 5.99. The average molecular weight is 364 g/mol. The molecule has 1 rings (SSSR count). The number of nitrogens with zero attached hydrogens (tertiary/aromatic N) is 2. The van der Waals surface area contributed by atoms with Gasteiger partial charge in [0, 0.05) is 13.0 Å². The van der Waals surface area contributed by atoms with Crippen LogP contribution in [0.3, 0.4) is 0 Å². The molecule has 0 saturated heterocycles. The van der Waals surface area contributed by atoms with Gasteiger partial charge in [-0.05, 0) is 39.0 Å². The highest BCUT2D eigenvalue weighted by atomic mass is 15.3. The zero-order valence-electron chi connectivity index (χ0n) is 17.7. The van der Waals surface area contributed by atoms with Crippen molar-refractivity contribution < 1.29 is 0 Å². The maximum Gasteiger partial charge on any atom is 0.100 e. The molecule has 1 atom stereocenters. The molecule has 1 aliphatic heterocycles. The van der Waals surface area contributed by atoms with E-state index in [0.717, 1.165) is 19.5 Å². The topological polar surface area (TPSA) is 41.6 Å². The fraction of sp³-hybridized carbons (Fsp3) is 0.870. The lowest BCUT2D eigenvalue weighted by molar-refractivity contribution is 0.359. The average Bonchev–Trinajstić information content (AvgIpc) is 3.10. The summed E-state index contributed by atoms with van der Waals surface area (Å²) in [6, 6.07) is 0. The van der Waals surface area contributed by atoms with E-state index in [4.69, 9.17) is 5.73 Å². The van der Waals surface area contributed by atoms with Crippen LogP contribution in [-0.4, -0.2) is 30.0 Å². The summed E-state index contributed by atoms with van der Waals surface area (Å²) in [5, 5.41) is 0. The SMILES string of the molecule is CCCCCCCCCCC/C=C/CCCCCC1=NCCN1C(C)N. The molecule has 2 N–H and O–H groups in total. The summed E-state index contributed by atoms with van der Waals surface area (Å²) < 4.78 is 0. The normalized spacial score (nSPS) is 15.8. The third-order valence-electron chi connectivity index (χ3n) is 5.37. The third-order valence-corrected chi connectivity index (χ3v) is 5.37. The molecule has 0 aliphatic carbocycles. The lowest BCUT2D eigenvalue weighted by Crippen LogP contribution is -2.41. The number of rotatable bonds is 17. The molecule has 0 aromatic rings. The molecule has 3 heteroatoms. The van der Waals surface area contributed by atoms with E-state index >= 15 is 0 Å². The quantitative estimate of drug-likeness (QED) is 0.239. The van der Waals surface area contributed by atoms with Gasteiger partial charge in [-0.25, -0.2) is 0 Å². The minimum absolute atomic E-state index is 0.111. The summed E-state index contributed by atoms with van der Waals surface area (Å²) in [6.07, 6.45) is 25.1. The molecule has 0 radical (unpaired) electrons. The van der Waals surface area contributed by atoms with Crippen molar-refractivity contribution in [2.45, 2.75) is 116 Å². The van der Waals surface area contributed by atoms with E-state index in [-0.39, 0.29) is 6.17 Å². The first-order valence-electron chi connectivity index (χ1n) is 11.5. The van der Waals surface area contributed by atoms with Crippen LogP contribution in [0.25, 0.3) is 0 Å². The van der Waals surface area contributed by atoms with Crippen molar-refractivity contribution in [2.75, 3.05) is 13.1 Å². The maximum absolute atomic E-state index is 5.99. The molecule has 0 bridgehead atoms. The van der Waals surface area contributed by atoms with Gasteiger partial charge in [0.2, 0.25) is 0 Å². The largest absolute Gasteiger partial charge is 0.343 e. The van der Waals surface area contributed by atoms with E-state index in [1.54, 1.807) is 0 Å². The summed E-state index contributed by atoms with van der Waals surface area (Å²) in [7, 11) is 0. The van der Waals surface area contributed by atoms with Crippen LogP contribution < -0.4 is 5.73 Å². The van der Waals surface area contributed by atoms with E-state index < -0.39 is 0 Å². The summed E-state index contributed by atoms with van der Waals surface area (Å²) in [4.78, 5) is 6.85. The van der Waals surface area contributed by atoms with Crippen molar-refractivity contribution in [3.8, 4) is 0 Å². The Morgan fingerprint density at radius 1 is 0.885 bits per heavy atom. The van der Waals surface area contributed by atoms with Crippen molar-refractivity contribution in [3.05, 3.63) is 12.2 Å². The highest BCUT2D eigenvalue weighted by Gasteiger charge is 2.18. The molecule has 152 valence electrons. The predicted octanol–water partition coefficient (Wildman–Crippen LogP) is 6.43. The lowest BCUT2D eigenvalue weighted by atomic mass is 10.1. The number of nitrogens with two attached hydrogens (primary N) is 1. The Labute approximate surface area is 163 Å². The second-order valence-electron chi connectivity index (χ2n) is 7.92. The van der Waals surface area contributed by atoms with Crippen molar-refractivity contribution in [3.63, 3.8) is 0 Å². The molecular formula is C23H45N3. The Kier molecular flexibility index (Phi) is 14.6. The smallest absolute Gasteiger partial charge is 0.100 e. The van der Waals surface area contributed by atoms with Crippen molar-refractivity contribution in [2.24, 2.45) is 10.7 Å². The monoisotopic (exact) mass is 363 g/mol. The Hall–Kier alpha value is -0.830. The Morgan fingerprint density at radius 3 is 2.00 bits per heavy atom. The van der Waals surface area contributed by atoms with Crippen LogP contribution in [0.15, 0.2) is 17.1 Å². The van der Waals surface area contributed by atoms with E-state index in [1.807, 2.05) is 0 Å². The molecule has 0 fully saturated rings. The number of allylic oxidation sites excluding steroid dienone is 2. The molecule has 0 aromatic heterocycles. The first kappa shape index (κ1) is 23.2. The second-order valence-corrected chi connectivity index (χ2v) is 7.92. The van der Waals surface area contributed by atoms with Gasteiger partial charge >= 0.3 is 0 Å². The minimum Gasteiger partial charge on any atom is -0.343 e. The Morgan fingerprint density at radius 2 is 1.42 bits per heavy atom. The van der Waals surface area contributed by atoms with Crippen LogP contribution in [0, 0.1) is 0 Å². The molecule has 3 nitrogen and oxygen atoms in total. The van der Waals surface area contributed by atoms with Gasteiger partial charge in [-0.2, -0.15) is 0 Å². The second kappa shape index (κ2) is 16.4. The van der Waals surface area contributed by atoms with Gasteiger partial charge in [-0.1, -0.05) is 76.9 Å². The number of hydrogen-bond donors (Lipinski definition) is 1. The van der Waals surface area contributed by atoms with Crippen LogP contribution in [0.2, 0.25) is 0 Å². The number of hydrogen-bond acceptors (Lipinski definition) is 3. The van der Waals surface area contributed by atoms with Crippen LogP contribution in [0.1, 0.15) is 110 Å². The van der Waals surface area contributed by atoms with E-state index in [9.17, 15) is 0 Å².